The van der Waals surface area contributed by atoms with Crippen LogP contribution >= 0.6 is 23.7 Å². The SMILES string of the molecule is C=N/C(C)=C(O)\C(CO)=C(/C)COP(=O)(N[C@@H](C)C(=O)OC(C)C)Oc1ccc(Br)cc1F. The van der Waals surface area contributed by atoms with Gasteiger partial charge in [-0.05, 0) is 65.1 Å². The van der Waals surface area contributed by atoms with E-state index in [9.17, 15) is 24.0 Å². The molecule has 33 heavy (non-hydrogen) atoms. The van der Waals surface area contributed by atoms with Crippen molar-refractivity contribution in [1.29, 1.82) is 0 Å². The summed E-state index contributed by atoms with van der Waals surface area (Å²) in [5.74, 6) is -2.23. The molecule has 0 heterocycles. The van der Waals surface area contributed by atoms with Crippen LogP contribution in [0.2, 0.25) is 0 Å². The lowest BCUT2D eigenvalue weighted by molar-refractivity contribution is -0.149. The van der Waals surface area contributed by atoms with Gasteiger partial charge in [-0.2, -0.15) is 5.09 Å². The third-order valence-electron chi connectivity index (χ3n) is 4.16. The largest absolute Gasteiger partial charge is 0.506 e. The number of hydrogen-bond donors (Lipinski definition) is 3. The van der Waals surface area contributed by atoms with E-state index < -0.39 is 44.9 Å². The molecule has 0 spiro atoms. The van der Waals surface area contributed by atoms with Crippen LogP contribution in [-0.4, -0.2) is 48.3 Å². The molecular weight excluding hydrogens is 522 g/mol. The molecule has 0 aliphatic rings. The summed E-state index contributed by atoms with van der Waals surface area (Å²) >= 11 is 3.12. The molecule has 0 amide bonds. The molecule has 1 aromatic carbocycles. The molecule has 0 saturated heterocycles. The maximum atomic E-state index is 14.3. The molecule has 0 bridgehead atoms. The molecule has 1 unspecified atom stereocenters. The van der Waals surface area contributed by atoms with Gasteiger partial charge in [0.2, 0.25) is 0 Å². The Hall–Kier alpha value is -2.04. The highest BCUT2D eigenvalue weighted by Gasteiger charge is 2.33. The van der Waals surface area contributed by atoms with E-state index in [2.05, 4.69) is 32.7 Å². The second-order valence-electron chi connectivity index (χ2n) is 7.28. The number of nitrogens with zero attached hydrogens (tertiary/aromatic N) is 1. The number of allylic oxidation sites excluding steroid dienone is 1. The van der Waals surface area contributed by atoms with Crippen LogP contribution in [0.3, 0.4) is 0 Å². The van der Waals surface area contributed by atoms with E-state index in [4.69, 9.17) is 13.8 Å². The van der Waals surface area contributed by atoms with Gasteiger partial charge in [0.15, 0.2) is 11.6 Å². The zero-order valence-corrected chi connectivity index (χ0v) is 21.6. The number of benzene rings is 1. The van der Waals surface area contributed by atoms with E-state index in [1.807, 2.05) is 0 Å². The lowest BCUT2D eigenvalue weighted by atomic mass is 10.1. The highest BCUT2D eigenvalue weighted by Crippen LogP contribution is 2.46. The van der Waals surface area contributed by atoms with E-state index in [1.165, 1.54) is 32.9 Å². The van der Waals surface area contributed by atoms with Gasteiger partial charge >= 0.3 is 13.7 Å². The molecule has 12 heteroatoms. The maximum Gasteiger partial charge on any atom is 0.459 e. The normalized spacial score (nSPS) is 15.8. The van der Waals surface area contributed by atoms with E-state index in [0.29, 0.717) is 4.47 Å². The fourth-order valence-electron chi connectivity index (χ4n) is 2.37. The smallest absolute Gasteiger partial charge is 0.459 e. The topological polar surface area (TPSA) is 127 Å². The van der Waals surface area contributed by atoms with Crippen LogP contribution in [0.15, 0.2) is 50.3 Å². The molecule has 2 atom stereocenters. The van der Waals surface area contributed by atoms with Crippen molar-refractivity contribution in [2.75, 3.05) is 13.2 Å². The van der Waals surface area contributed by atoms with Gasteiger partial charge in [0, 0.05) is 10.0 Å². The number of nitrogens with one attached hydrogen (secondary N) is 1. The lowest BCUT2D eigenvalue weighted by Crippen LogP contribution is -2.36. The molecule has 3 N–H and O–H groups in total. The number of rotatable bonds is 12. The van der Waals surface area contributed by atoms with Gasteiger partial charge in [-0.1, -0.05) is 15.9 Å². The molecule has 0 radical (unpaired) electrons. The van der Waals surface area contributed by atoms with Crippen LogP contribution in [0.1, 0.15) is 34.6 Å². The van der Waals surface area contributed by atoms with E-state index in [1.54, 1.807) is 13.8 Å². The highest BCUT2D eigenvalue weighted by molar-refractivity contribution is 9.10. The average molecular weight is 551 g/mol. The Balaban J connectivity index is 3.26. The Kier molecular flexibility index (Phi) is 11.4. The van der Waals surface area contributed by atoms with Gasteiger partial charge in [0.1, 0.15) is 11.8 Å². The van der Waals surface area contributed by atoms with Gasteiger partial charge in [-0.3, -0.25) is 14.3 Å². The molecule has 0 fully saturated rings. The van der Waals surface area contributed by atoms with Crippen molar-refractivity contribution in [3.8, 4) is 5.75 Å². The summed E-state index contributed by atoms with van der Waals surface area (Å²) in [5, 5.41) is 22.3. The molecule has 184 valence electrons. The van der Waals surface area contributed by atoms with Crippen molar-refractivity contribution in [1.82, 2.24) is 5.09 Å². The fraction of sp³-hybridized carbons (Fsp3) is 0.429. The summed E-state index contributed by atoms with van der Waals surface area (Å²) < 4.78 is 44.1. The van der Waals surface area contributed by atoms with Crippen molar-refractivity contribution < 1.29 is 37.7 Å². The van der Waals surface area contributed by atoms with Crippen molar-refractivity contribution in [2.24, 2.45) is 4.99 Å². The lowest BCUT2D eigenvalue weighted by Gasteiger charge is -2.24. The molecule has 0 aliphatic carbocycles. The first-order valence-electron chi connectivity index (χ1n) is 9.87. The van der Waals surface area contributed by atoms with Crippen LogP contribution < -0.4 is 9.61 Å². The van der Waals surface area contributed by atoms with E-state index in [-0.39, 0.29) is 28.4 Å². The number of aliphatic hydroxyl groups is 2. The Labute approximate surface area is 201 Å². The molecular formula is C21H29BrFN2O7P. The van der Waals surface area contributed by atoms with Crippen LogP contribution in [0, 0.1) is 5.82 Å². The van der Waals surface area contributed by atoms with E-state index >= 15 is 0 Å². The summed E-state index contributed by atoms with van der Waals surface area (Å²) in [6, 6.07) is 2.70. The minimum absolute atomic E-state index is 0.0774. The van der Waals surface area contributed by atoms with Gasteiger partial charge in [-0.25, -0.2) is 8.96 Å². The third-order valence-corrected chi connectivity index (χ3v) is 6.26. The minimum atomic E-state index is -4.36. The van der Waals surface area contributed by atoms with Crippen LogP contribution in [0.25, 0.3) is 0 Å². The number of hydrogen-bond acceptors (Lipinski definition) is 8. The van der Waals surface area contributed by atoms with Crippen molar-refractivity contribution in [2.45, 2.75) is 46.8 Å². The Morgan fingerprint density at radius 2 is 1.97 bits per heavy atom. The molecule has 9 nitrogen and oxygen atoms in total. The quantitative estimate of drug-likeness (QED) is 0.111. The summed E-state index contributed by atoms with van der Waals surface area (Å²) in [7, 11) is -4.36. The second kappa shape index (κ2) is 13.0. The van der Waals surface area contributed by atoms with Crippen molar-refractivity contribution >= 4 is 36.4 Å². The third kappa shape index (κ3) is 9.02. The van der Waals surface area contributed by atoms with Crippen LogP contribution in [-0.2, 0) is 18.6 Å². The first-order chi connectivity index (χ1) is 15.3. The maximum absolute atomic E-state index is 14.3. The molecule has 0 aliphatic heterocycles. The van der Waals surface area contributed by atoms with Crippen LogP contribution in [0.5, 0.6) is 5.75 Å². The van der Waals surface area contributed by atoms with Gasteiger partial charge in [0.25, 0.3) is 0 Å². The second-order valence-corrected chi connectivity index (χ2v) is 9.89. The minimum Gasteiger partial charge on any atom is -0.506 e. The molecule has 0 aromatic heterocycles. The number of carbonyl (C=O) groups is 1. The number of aliphatic imine (C=N–C) groups is 1. The first kappa shape index (κ1) is 29.0. The monoisotopic (exact) mass is 550 g/mol. The number of aliphatic hydroxyl groups excluding tert-OH is 2. The number of esters is 1. The number of carbonyl (C=O) groups excluding carboxylic acids is 1. The average Bonchev–Trinajstić information content (AvgIpc) is 2.73. The fourth-order valence-corrected chi connectivity index (χ4v) is 4.23. The summed E-state index contributed by atoms with van der Waals surface area (Å²) in [5.41, 5.74) is 0.531. The van der Waals surface area contributed by atoms with E-state index in [0.717, 1.165) is 6.07 Å². The van der Waals surface area contributed by atoms with Crippen molar-refractivity contribution in [3.05, 3.63) is 51.1 Å². The highest BCUT2D eigenvalue weighted by atomic mass is 79.9. The molecule has 0 saturated carbocycles. The molecule has 1 aromatic rings. The standard InChI is InChI=1S/C21H29BrFN2O7P/c1-12(2)31-21(28)15(5)25-33(29,32-19-8-7-16(22)9-18(19)23)30-11-13(3)17(10-26)20(27)14(4)24-6/h7-9,12,15,26-27H,6,10-11H2,1-5H3,(H,25,29)/b17-13+,20-14+/t15-,33?/m0/s1. The summed E-state index contributed by atoms with van der Waals surface area (Å²) in [6.07, 6.45) is -0.416. The Bertz CT molecular complexity index is 981. The Morgan fingerprint density at radius 1 is 1.33 bits per heavy atom. The predicted octanol–water partition coefficient (Wildman–Crippen LogP) is 4.82. The predicted molar refractivity (Wildman–Crippen MR) is 127 cm³/mol. The number of ether oxygens (including phenoxy) is 1. The number of halogens is 2. The molecule has 1 rings (SSSR count). The zero-order chi connectivity index (χ0) is 25.3. The zero-order valence-electron chi connectivity index (χ0n) is 19.1. The van der Waals surface area contributed by atoms with Crippen LogP contribution in [0.4, 0.5) is 4.39 Å². The van der Waals surface area contributed by atoms with Gasteiger partial charge < -0.3 is 19.5 Å². The Morgan fingerprint density at radius 3 is 2.48 bits per heavy atom. The van der Waals surface area contributed by atoms with Crippen molar-refractivity contribution in [3.63, 3.8) is 0 Å². The van der Waals surface area contributed by atoms with Gasteiger partial charge in [0.05, 0.1) is 25.0 Å². The summed E-state index contributed by atoms with van der Waals surface area (Å²) in [4.78, 5) is 15.8. The van der Waals surface area contributed by atoms with Gasteiger partial charge in [-0.15, -0.1) is 0 Å². The summed E-state index contributed by atoms with van der Waals surface area (Å²) in [6.45, 7) is 10.0. The first-order valence-corrected chi connectivity index (χ1v) is 12.2.